The van der Waals surface area contributed by atoms with Gasteiger partial charge in [-0.2, -0.15) is 0 Å². The lowest BCUT2D eigenvalue weighted by atomic mass is 10.00. The van der Waals surface area contributed by atoms with Crippen LogP contribution in [0.4, 0.5) is 4.39 Å². The lowest BCUT2D eigenvalue weighted by Gasteiger charge is -2.09. The highest BCUT2D eigenvalue weighted by atomic mass is 19.1. The molecule has 2 aromatic heterocycles. The molecule has 0 atom stereocenters. The van der Waals surface area contributed by atoms with E-state index in [2.05, 4.69) is 15.0 Å². The number of pyridine rings is 1. The van der Waals surface area contributed by atoms with Crippen LogP contribution in [0, 0.1) is 12.7 Å². The maximum atomic E-state index is 13.4. The van der Waals surface area contributed by atoms with Crippen molar-refractivity contribution in [1.82, 2.24) is 15.0 Å². The van der Waals surface area contributed by atoms with Crippen molar-refractivity contribution >= 4 is 10.8 Å². The van der Waals surface area contributed by atoms with Gasteiger partial charge in [0.25, 0.3) is 0 Å². The highest BCUT2D eigenvalue weighted by molar-refractivity contribution is 5.96. The summed E-state index contributed by atoms with van der Waals surface area (Å²) in [6.45, 7) is 1.90. The summed E-state index contributed by atoms with van der Waals surface area (Å²) in [7, 11) is 0. The smallest absolute Gasteiger partial charge is 0.123 e. The molecule has 0 radical (unpaired) electrons. The van der Waals surface area contributed by atoms with Crippen molar-refractivity contribution in [2.75, 3.05) is 0 Å². The summed E-state index contributed by atoms with van der Waals surface area (Å²) in [6.07, 6.45) is 6.64. The minimum atomic E-state index is -0.258. The van der Waals surface area contributed by atoms with Crippen LogP contribution in [0.3, 0.4) is 0 Å². The predicted molar refractivity (Wildman–Crippen MR) is 67.5 cm³/mol. The molecule has 0 saturated carbocycles. The molecule has 3 aromatic rings. The number of aryl methyl sites for hydroxylation is 1. The van der Waals surface area contributed by atoms with Gasteiger partial charge in [-0.05, 0) is 30.5 Å². The van der Waals surface area contributed by atoms with Crippen molar-refractivity contribution in [1.29, 1.82) is 0 Å². The minimum absolute atomic E-state index is 0.258. The Kier molecular flexibility index (Phi) is 2.48. The molecule has 0 bridgehead atoms. The summed E-state index contributed by atoms with van der Waals surface area (Å²) >= 11 is 0. The van der Waals surface area contributed by atoms with E-state index >= 15 is 0 Å². The first-order valence-corrected chi connectivity index (χ1v) is 5.56. The van der Waals surface area contributed by atoms with Gasteiger partial charge in [0.05, 0.1) is 0 Å². The van der Waals surface area contributed by atoms with Crippen molar-refractivity contribution in [2.45, 2.75) is 6.92 Å². The van der Waals surface area contributed by atoms with Crippen LogP contribution in [-0.4, -0.2) is 15.0 Å². The molecule has 0 amide bonds. The summed E-state index contributed by atoms with van der Waals surface area (Å²) in [4.78, 5) is 12.3. The van der Waals surface area contributed by atoms with Crippen LogP contribution in [0.5, 0.6) is 0 Å². The quantitative estimate of drug-likeness (QED) is 0.654. The summed E-state index contributed by atoms with van der Waals surface area (Å²) in [6, 6.07) is 4.68. The van der Waals surface area contributed by atoms with Crippen molar-refractivity contribution in [3.8, 4) is 11.1 Å². The van der Waals surface area contributed by atoms with Crippen LogP contribution >= 0.6 is 0 Å². The Balaban J connectivity index is 2.40. The topological polar surface area (TPSA) is 38.7 Å². The normalized spacial score (nSPS) is 10.8. The van der Waals surface area contributed by atoms with Crippen LogP contribution in [0.2, 0.25) is 0 Å². The lowest BCUT2D eigenvalue weighted by Crippen LogP contribution is -1.92. The Labute approximate surface area is 103 Å². The first-order valence-electron chi connectivity index (χ1n) is 5.56. The summed E-state index contributed by atoms with van der Waals surface area (Å²) in [5.74, 6) is -0.258. The van der Waals surface area contributed by atoms with Crippen LogP contribution in [0.25, 0.3) is 21.9 Å². The Bertz CT molecular complexity index is 706. The van der Waals surface area contributed by atoms with E-state index in [4.69, 9.17) is 0 Å². The molecule has 0 N–H and O–H groups in total. The standard InChI is InChI=1S/C14H10FN3/c1-9-14(11-5-16-8-17-6-11)13-4-12(15)3-2-10(13)7-18-9/h2-8H,1H3. The van der Waals surface area contributed by atoms with Gasteiger partial charge < -0.3 is 0 Å². The molecule has 4 heteroatoms. The third-order valence-corrected chi connectivity index (χ3v) is 2.89. The fourth-order valence-corrected chi connectivity index (χ4v) is 2.08. The van der Waals surface area contributed by atoms with E-state index in [9.17, 15) is 4.39 Å². The second-order valence-electron chi connectivity index (χ2n) is 4.08. The number of hydrogen-bond acceptors (Lipinski definition) is 3. The number of rotatable bonds is 1. The van der Waals surface area contributed by atoms with E-state index < -0.39 is 0 Å². The first kappa shape index (κ1) is 10.8. The molecule has 3 rings (SSSR count). The second kappa shape index (κ2) is 4.14. The van der Waals surface area contributed by atoms with E-state index in [1.165, 1.54) is 18.5 Å². The Morgan fingerprint density at radius 1 is 1.06 bits per heavy atom. The number of nitrogens with zero attached hydrogens (tertiary/aromatic N) is 3. The largest absolute Gasteiger partial charge is 0.260 e. The molecule has 0 aliphatic rings. The summed E-state index contributed by atoms with van der Waals surface area (Å²) in [5, 5.41) is 1.73. The van der Waals surface area contributed by atoms with Gasteiger partial charge >= 0.3 is 0 Å². The molecule has 88 valence electrons. The van der Waals surface area contributed by atoms with Crippen molar-refractivity contribution in [3.05, 3.63) is 54.6 Å². The molecule has 0 aliphatic carbocycles. The molecule has 18 heavy (non-hydrogen) atoms. The van der Waals surface area contributed by atoms with Gasteiger partial charge in [-0.15, -0.1) is 0 Å². The minimum Gasteiger partial charge on any atom is -0.260 e. The predicted octanol–water partition coefficient (Wildman–Crippen LogP) is 3.14. The average Bonchev–Trinajstić information content (AvgIpc) is 2.39. The molecule has 0 aliphatic heterocycles. The average molecular weight is 239 g/mol. The first-order chi connectivity index (χ1) is 8.75. The maximum absolute atomic E-state index is 13.4. The lowest BCUT2D eigenvalue weighted by molar-refractivity contribution is 0.630. The third-order valence-electron chi connectivity index (χ3n) is 2.89. The fourth-order valence-electron chi connectivity index (χ4n) is 2.08. The highest BCUT2D eigenvalue weighted by Gasteiger charge is 2.09. The Hall–Kier alpha value is -2.36. The molecule has 0 spiro atoms. The zero-order valence-corrected chi connectivity index (χ0v) is 9.76. The van der Waals surface area contributed by atoms with Crippen LogP contribution in [-0.2, 0) is 0 Å². The number of benzene rings is 1. The summed E-state index contributed by atoms with van der Waals surface area (Å²) in [5.41, 5.74) is 2.56. The second-order valence-corrected chi connectivity index (χ2v) is 4.08. The van der Waals surface area contributed by atoms with Gasteiger partial charge in [0, 0.05) is 40.8 Å². The molecular formula is C14H10FN3. The monoisotopic (exact) mass is 239 g/mol. The van der Waals surface area contributed by atoms with Crippen molar-refractivity contribution < 1.29 is 4.39 Å². The number of hydrogen-bond donors (Lipinski definition) is 0. The van der Waals surface area contributed by atoms with Gasteiger partial charge in [-0.25, -0.2) is 14.4 Å². The third kappa shape index (κ3) is 1.72. The van der Waals surface area contributed by atoms with E-state index in [-0.39, 0.29) is 5.82 Å². The fraction of sp³-hybridized carbons (Fsp3) is 0.0714. The van der Waals surface area contributed by atoms with E-state index in [0.717, 1.165) is 27.6 Å². The Morgan fingerprint density at radius 2 is 1.83 bits per heavy atom. The zero-order valence-electron chi connectivity index (χ0n) is 9.76. The van der Waals surface area contributed by atoms with Crippen LogP contribution in [0.15, 0.2) is 43.1 Å². The van der Waals surface area contributed by atoms with Crippen molar-refractivity contribution in [2.24, 2.45) is 0 Å². The zero-order chi connectivity index (χ0) is 12.5. The molecular weight excluding hydrogens is 229 g/mol. The van der Waals surface area contributed by atoms with Gasteiger partial charge in [0.2, 0.25) is 0 Å². The highest BCUT2D eigenvalue weighted by Crippen LogP contribution is 2.30. The number of aromatic nitrogens is 3. The SMILES string of the molecule is Cc1ncc2ccc(F)cc2c1-c1cncnc1. The molecule has 0 saturated heterocycles. The van der Waals surface area contributed by atoms with E-state index in [0.29, 0.717) is 0 Å². The maximum Gasteiger partial charge on any atom is 0.123 e. The summed E-state index contributed by atoms with van der Waals surface area (Å²) < 4.78 is 13.4. The van der Waals surface area contributed by atoms with Crippen molar-refractivity contribution in [3.63, 3.8) is 0 Å². The molecule has 2 heterocycles. The Morgan fingerprint density at radius 3 is 2.61 bits per heavy atom. The van der Waals surface area contributed by atoms with Gasteiger partial charge in [0.15, 0.2) is 0 Å². The van der Waals surface area contributed by atoms with E-state index in [1.807, 2.05) is 6.92 Å². The molecule has 0 fully saturated rings. The van der Waals surface area contributed by atoms with Gasteiger partial charge in [-0.1, -0.05) is 0 Å². The van der Waals surface area contributed by atoms with Gasteiger partial charge in [0.1, 0.15) is 12.1 Å². The number of halogens is 1. The molecule has 3 nitrogen and oxygen atoms in total. The molecule has 1 aromatic carbocycles. The van der Waals surface area contributed by atoms with Gasteiger partial charge in [-0.3, -0.25) is 4.98 Å². The molecule has 0 unspecified atom stereocenters. The number of fused-ring (bicyclic) bond motifs is 1. The van der Waals surface area contributed by atoms with Crippen LogP contribution < -0.4 is 0 Å². The van der Waals surface area contributed by atoms with E-state index in [1.54, 1.807) is 24.7 Å². The van der Waals surface area contributed by atoms with Crippen LogP contribution in [0.1, 0.15) is 5.69 Å².